The van der Waals surface area contributed by atoms with Crippen molar-refractivity contribution in [1.29, 1.82) is 5.26 Å². The summed E-state index contributed by atoms with van der Waals surface area (Å²) in [6.07, 6.45) is 5.06. The van der Waals surface area contributed by atoms with Gasteiger partial charge in [0.2, 0.25) is 0 Å². The van der Waals surface area contributed by atoms with Gasteiger partial charge in [0.05, 0.1) is 17.1 Å². The molecule has 1 fully saturated rings. The van der Waals surface area contributed by atoms with Gasteiger partial charge in [-0.05, 0) is 25.0 Å². The van der Waals surface area contributed by atoms with E-state index in [1.807, 2.05) is 30.3 Å². The molecule has 0 atom stereocenters. The summed E-state index contributed by atoms with van der Waals surface area (Å²) < 4.78 is 0. The van der Waals surface area contributed by atoms with E-state index in [1.165, 1.54) is 25.7 Å². The zero-order chi connectivity index (χ0) is 13.2. The first kappa shape index (κ1) is 12.0. The number of fused-ring (bicyclic) bond motifs is 1. The molecule has 2 aromatic rings. The van der Waals surface area contributed by atoms with E-state index >= 15 is 0 Å². The minimum atomic E-state index is 0.570. The molecular formula is C16H17N3. The van der Waals surface area contributed by atoms with Crippen molar-refractivity contribution >= 4 is 16.7 Å². The number of hydrogen-bond acceptors (Lipinski definition) is 3. The zero-order valence-corrected chi connectivity index (χ0v) is 11.1. The van der Waals surface area contributed by atoms with Crippen molar-refractivity contribution in [3.05, 3.63) is 35.9 Å². The molecule has 1 saturated carbocycles. The van der Waals surface area contributed by atoms with Crippen molar-refractivity contribution in [2.24, 2.45) is 0 Å². The zero-order valence-electron chi connectivity index (χ0n) is 11.1. The van der Waals surface area contributed by atoms with Crippen molar-refractivity contribution in [3.63, 3.8) is 0 Å². The van der Waals surface area contributed by atoms with Crippen LogP contribution in [-0.2, 0) is 0 Å². The fraction of sp³-hybridized carbons (Fsp3) is 0.375. The number of hydrogen-bond donors (Lipinski definition) is 0. The number of benzene rings is 1. The fourth-order valence-electron chi connectivity index (χ4n) is 2.91. The number of nitriles is 1. The summed E-state index contributed by atoms with van der Waals surface area (Å²) in [5.74, 6) is 0.919. The summed E-state index contributed by atoms with van der Waals surface area (Å²) in [4.78, 5) is 6.94. The van der Waals surface area contributed by atoms with E-state index in [0.29, 0.717) is 11.6 Å². The third-order valence-electron chi connectivity index (χ3n) is 4.06. The standard InChI is InChI=1S/C16H17N3/c1-19(13-6-2-3-7-13)16-10-12(11-17)14-8-4-5-9-15(14)18-16/h4-5,8-10,13H,2-3,6-7H2,1H3. The number of pyridine rings is 1. The molecule has 3 rings (SSSR count). The van der Waals surface area contributed by atoms with E-state index in [1.54, 1.807) is 0 Å². The van der Waals surface area contributed by atoms with Gasteiger partial charge in [0.25, 0.3) is 0 Å². The molecule has 0 N–H and O–H groups in total. The molecule has 0 saturated heterocycles. The molecule has 1 aromatic carbocycles. The highest BCUT2D eigenvalue weighted by Gasteiger charge is 2.21. The second kappa shape index (κ2) is 4.89. The van der Waals surface area contributed by atoms with Crippen molar-refractivity contribution in [3.8, 4) is 6.07 Å². The molecule has 1 aliphatic carbocycles. The van der Waals surface area contributed by atoms with Gasteiger partial charge >= 0.3 is 0 Å². The normalized spacial score (nSPS) is 15.6. The van der Waals surface area contributed by atoms with Crippen molar-refractivity contribution in [2.75, 3.05) is 11.9 Å². The van der Waals surface area contributed by atoms with Gasteiger partial charge in [-0.2, -0.15) is 5.26 Å². The lowest BCUT2D eigenvalue weighted by atomic mass is 10.1. The highest BCUT2D eigenvalue weighted by atomic mass is 15.2. The predicted octanol–water partition coefficient (Wildman–Crippen LogP) is 3.49. The number of rotatable bonds is 2. The molecule has 96 valence electrons. The van der Waals surface area contributed by atoms with E-state index in [-0.39, 0.29) is 0 Å². The van der Waals surface area contributed by atoms with Crippen LogP contribution < -0.4 is 4.90 Å². The van der Waals surface area contributed by atoms with E-state index in [0.717, 1.165) is 16.7 Å². The molecule has 0 bridgehead atoms. The van der Waals surface area contributed by atoms with Crippen LogP contribution in [0.15, 0.2) is 30.3 Å². The van der Waals surface area contributed by atoms with Crippen LogP contribution in [0.2, 0.25) is 0 Å². The lowest BCUT2D eigenvalue weighted by Crippen LogP contribution is -2.29. The fourth-order valence-corrected chi connectivity index (χ4v) is 2.91. The first-order chi connectivity index (χ1) is 9.29. The van der Waals surface area contributed by atoms with E-state index in [4.69, 9.17) is 4.98 Å². The topological polar surface area (TPSA) is 39.9 Å². The molecule has 1 aliphatic rings. The third kappa shape index (κ3) is 2.15. The van der Waals surface area contributed by atoms with Crippen LogP contribution >= 0.6 is 0 Å². The maximum absolute atomic E-state index is 9.31. The van der Waals surface area contributed by atoms with Gasteiger partial charge < -0.3 is 4.90 Å². The summed E-state index contributed by atoms with van der Waals surface area (Å²) in [7, 11) is 2.09. The Labute approximate surface area is 113 Å². The molecule has 0 unspecified atom stereocenters. The van der Waals surface area contributed by atoms with E-state index < -0.39 is 0 Å². The van der Waals surface area contributed by atoms with E-state index in [9.17, 15) is 5.26 Å². The maximum atomic E-state index is 9.31. The van der Waals surface area contributed by atoms with Crippen molar-refractivity contribution in [1.82, 2.24) is 4.98 Å². The van der Waals surface area contributed by atoms with Crippen LogP contribution in [-0.4, -0.2) is 18.1 Å². The summed E-state index contributed by atoms with van der Waals surface area (Å²) >= 11 is 0. The first-order valence-corrected chi connectivity index (χ1v) is 6.82. The third-order valence-corrected chi connectivity index (χ3v) is 4.06. The summed E-state index contributed by atoms with van der Waals surface area (Å²) in [5, 5.41) is 10.2. The minimum Gasteiger partial charge on any atom is -0.357 e. The molecule has 3 nitrogen and oxygen atoms in total. The molecule has 19 heavy (non-hydrogen) atoms. The number of anilines is 1. The molecule has 0 spiro atoms. The Kier molecular flexibility index (Phi) is 3.08. The van der Waals surface area contributed by atoms with Gasteiger partial charge in [-0.15, -0.1) is 0 Å². The van der Waals surface area contributed by atoms with Crippen LogP contribution in [0.5, 0.6) is 0 Å². The Morgan fingerprint density at radius 1 is 1.26 bits per heavy atom. The largest absolute Gasteiger partial charge is 0.357 e. The molecule has 1 heterocycles. The average Bonchev–Trinajstić information content (AvgIpc) is 2.99. The maximum Gasteiger partial charge on any atom is 0.130 e. The highest BCUT2D eigenvalue weighted by molar-refractivity contribution is 5.86. The molecule has 0 radical (unpaired) electrons. The second-order valence-corrected chi connectivity index (χ2v) is 5.21. The Bertz CT molecular complexity index is 636. The molecule has 3 heteroatoms. The number of aromatic nitrogens is 1. The Hall–Kier alpha value is -2.08. The summed E-state index contributed by atoms with van der Waals surface area (Å²) in [6.45, 7) is 0. The average molecular weight is 251 g/mol. The van der Waals surface area contributed by atoms with Gasteiger partial charge in [-0.1, -0.05) is 31.0 Å². The molecule has 1 aromatic heterocycles. The minimum absolute atomic E-state index is 0.570. The van der Waals surface area contributed by atoms with Gasteiger partial charge in [0.15, 0.2) is 0 Å². The Morgan fingerprint density at radius 3 is 2.74 bits per heavy atom. The SMILES string of the molecule is CN(c1cc(C#N)c2ccccc2n1)C1CCCC1. The quantitative estimate of drug-likeness (QED) is 0.820. The predicted molar refractivity (Wildman–Crippen MR) is 77.1 cm³/mol. The van der Waals surface area contributed by atoms with Crippen LogP contribution in [0, 0.1) is 11.3 Å². The summed E-state index contributed by atoms with van der Waals surface area (Å²) in [6, 6.07) is 12.6. The van der Waals surface area contributed by atoms with Crippen LogP contribution in [0.1, 0.15) is 31.2 Å². The van der Waals surface area contributed by atoms with Gasteiger partial charge in [0.1, 0.15) is 5.82 Å². The Morgan fingerprint density at radius 2 is 2.00 bits per heavy atom. The first-order valence-electron chi connectivity index (χ1n) is 6.82. The van der Waals surface area contributed by atoms with Crippen LogP contribution in [0.25, 0.3) is 10.9 Å². The molecular weight excluding hydrogens is 234 g/mol. The van der Waals surface area contributed by atoms with Crippen molar-refractivity contribution in [2.45, 2.75) is 31.7 Å². The Balaban J connectivity index is 2.07. The highest BCUT2D eigenvalue weighted by Crippen LogP contribution is 2.28. The number of para-hydroxylation sites is 1. The molecule has 0 amide bonds. The van der Waals surface area contributed by atoms with Crippen LogP contribution in [0.3, 0.4) is 0 Å². The lowest BCUT2D eigenvalue weighted by Gasteiger charge is -2.25. The van der Waals surface area contributed by atoms with E-state index in [2.05, 4.69) is 18.0 Å². The van der Waals surface area contributed by atoms with Crippen LogP contribution in [0.4, 0.5) is 5.82 Å². The second-order valence-electron chi connectivity index (χ2n) is 5.21. The van der Waals surface area contributed by atoms with Crippen molar-refractivity contribution < 1.29 is 0 Å². The monoisotopic (exact) mass is 251 g/mol. The smallest absolute Gasteiger partial charge is 0.130 e. The summed E-state index contributed by atoms with van der Waals surface area (Å²) in [5.41, 5.74) is 1.62. The van der Waals surface area contributed by atoms with Gasteiger partial charge in [0, 0.05) is 18.5 Å². The molecule has 0 aliphatic heterocycles. The lowest BCUT2D eigenvalue weighted by molar-refractivity contribution is 0.647. The van der Waals surface area contributed by atoms with Gasteiger partial charge in [-0.25, -0.2) is 4.98 Å². The number of nitrogens with zero attached hydrogens (tertiary/aromatic N) is 3. The van der Waals surface area contributed by atoms with Gasteiger partial charge in [-0.3, -0.25) is 0 Å².